The van der Waals surface area contributed by atoms with E-state index in [2.05, 4.69) is 63.0 Å². The van der Waals surface area contributed by atoms with Crippen LogP contribution in [0.3, 0.4) is 0 Å². The molecule has 0 saturated heterocycles. The fourth-order valence-electron chi connectivity index (χ4n) is 2.47. The predicted molar refractivity (Wildman–Crippen MR) is 89.0 cm³/mol. The topological polar surface area (TPSA) is 9.23 Å². The van der Waals surface area contributed by atoms with Crippen molar-refractivity contribution in [1.29, 1.82) is 0 Å². The van der Waals surface area contributed by atoms with Gasteiger partial charge in [-0.15, -0.1) is 23.3 Å². The number of allylic oxidation sites excluding steroid dienone is 10. The standard InChI is InChI=1S/C18H25OSi.2ClH.Zr/c1-5-15-11-12-17(14-15)18-10-6-8-16(18)9-7-13-19-20(2,3)4;;;/h5-6,8,11-12H,7,9-10,13H2,1-4H3;2*1H;/q-1;;;+3/p-2. The van der Waals surface area contributed by atoms with Crippen molar-refractivity contribution in [3.8, 4) is 0 Å². The summed E-state index contributed by atoms with van der Waals surface area (Å²) in [7, 11) is -1.36. The maximum Gasteiger partial charge on any atom is 3.00 e. The van der Waals surface area contributed by atoms with Gasteiger partial charge in [-0.25, -0.2) is 0 Å². The summed E-state index contributed by atoms with van der Waals surface area (Å²) in [5.41, 5.74) is 5.38. The second-order valence-electron chi connectivity index (χ2n) is 6.29. The van der Waals surface area contributed by atoms with Crippen LogP contribution in [0.2, 0.25) is 19.6 Å². The van der Waals surface area contributed by atoms with Gasteiger partial charge in [0.25, 0.3) is 0 Å². The van der Waals surface area contributed by atoms with Gasteiger partial charge in [-0.1, -0.05) is 30.2 Å². The van der Waals surface area contributed by atoms with E-state index < -0.39 is 8.32 Å². The van der Waals surface area contributed by atoms with Crippen LogP contribution in [0.15, 0.2) is 52.7 Å². The molecule has 0 amide bonds. The van der Waals surface area contributed by atoms with E-state index in [0.717, 1.165) is 25.9 Å². The molecule has 0 aromatic heterocycles. The largest absolute Gasteiger partial charge is 3.00 e. The molecule has 0 saturated carbocycles. The average molecular weight is 448 g/mol. The first-order valence-corrected chi connectivity index (χ1v) is 10.9. The molecule has 2 aliphatic rings. The molecule has 0 bridgehead atoms. The van der Waals surface area contributed by atoms with Gasteiger partial charge in [-0.2, -0.15) is 12.2 Å². The third kappa shape index (κ3) is 8.31. The van der Waals surface area contributed by atoms with Crippen LogP contribution >= 0.6 is 0 Å². The molecule has 0 spiro atoms. The molecular weight excluding hydrogens is 422 g/mol. The van der Waals surface area contributed by atoms with Crippen LogP contribution in [-0.4, -0.2) is 14.9 Å². The zero-order valence-corrected chi connectivity index (χ0v) is 19.3. The Morgan fingerprint density at radius 3 is 2.43 bits per heavy atom. The molecule has 0 aromatic carbocycles. The summed E-state index contributed by atoms with van der Waals surface area (Å²) in [6, 6.07) is 0. The second kappa shape index (κ2) is 11.8. The van der Waals surface area contributed by atoms with Gasteiger partial charge in [0.1, 0.15) is 0 Å². The molecule has 0 N–H and O–H groups in total. The molecule has 1 radical (unpaired) electrons. The van der Waals surface area contributed by atoms with E-state index >= 15 is 0 Å². The van der Waals surface area contributed by atoms with Crippen molar-refractivity contribution in [2.24, 2.45) is 0 Å². The molecule has 23 heavy (non-hydrogen) atoms. The van der Waals surface area contributed by atoms with Crippen LogP contribution < -0.4 is 24.8 Å². The summed E-state index contributed by atoms with van der Waals surface area (Å²) in [5, 5.41) is 0. The van der Waals surface area contributed by atoms with E-state index in [1.54, 1.807) is 0 Å². The van der Waals surface area contributed by atoms with Gasteiger partial charge < -0.3 is 29.2 Å². The molecule has 0 unspecified atom stereocenters. The van der Waals surface area contributed by atoms with Gasteiger partial charge in [0, 0.05) is 6.61 Å². The molecule has 2 rings (SSSR count). The van der Waals surface area contributed by atoms with Crippen LogP contribution in [0, 0.1) is 6.08 Å². The number of halogens is 2. The van der Waals surface area contributed by atoms with Crippen LogP contribution in [-0.2, 0) is 30.6 Å². The molecule has 0 fully saturated rings. The Bertz CT molecular complexity index is 526. The maximum absolute atomic E-state index is 5.93. The van der Waals surface area contributed by atoms with Gasteiger partial charge in [-0.3, -0.25) is 0 Å². The van der Waals surface area contributed by atoms with Crippen molar-refractivity contribution in [3.05, 3.63) is 58.7 Å². The van der Waals surface area contributed by atoms with Crippen molar-refractivity contribution >= 4 is 8.32 Å². The molecule has 125 valence electrons. The van der Waals surface area contributed by atoms with Crippen LogP contribution in [0.25, 0.3) is 0 Å². The zero-order valence-electron chi connectivity index (χ0n) is 14.4. The monoisotopic (exact) mass is 445 g/mol. The van der Waals surface area contributed by atoms with E-state index in [-0.39, 0.29) is 51.0 Å². The predicted octanol–water partition coefficient (Wildman–Crippen LogP) is -0.874. The van der Waals surface area contributed by atoms with Crippen molar-refractivity contribution in [2.75, 3.05) is 6.61 Å². The van der Waals surface area contributed by atoms with Gasteiger partial charge in [0.05, 0.1) is 0 Å². The minimum absolute atomic E-state index is 0. The van der Waals surface area contributed by atoms with Gasteiger partial charge in [0.15, 0.2) is 8.32 Å². The quantitative estimate of drug-likeness (QED) is 0.292. The molecular formula is C18H25Cl2OSiZr. The SMILES string of the molecule is CC=C1[C-]=C(C2=C(CCCO[Si](C)(C)C)C=CC2)C=C1.[Cl-].[Cl-].[Zr+3]. The summed E-state index contributed by atoms with van der Waals surface area (Å²) in [4.78, 5) is 0. The average Bonchev–Trinajstić information content (AvgIpc) is 3.01. The van der Waals surface area contributed by atoms with Crippen LogP contribution in [0.1, 0.15) is 26.2 Å². The minimum atomic E-state index is -1.36. The first kappa shape index (κ1) is 25.6. The summed E-state index contributed by atoms with van der Waals surface area (Å²) in [5.74, 6) is 0. The second-order valence-corrected chi connectivity index (χ2v) is 10.8. The Balaban J connectivity index is 0. The number of hydrogen-bond donors (Lipinski definition) is 0. The van der Waals surface area contributed by atoms with Crippen molar-refractivity contribution in [3.63, 3.8) is 0 Å². The molecule has 0 heterocycles. The molecule has 0 aromatic rings. The van der Waals surface area contributed by atoms with E-state index in [9.17, 15) is 0 Å². The molecule has 5 heteroatoms. The summed E-state index contributed by atoms with van der Waals surface area (Å²) in [6.07, 6.45) is 17.7. The Hall–Kier alpha value is 0.340. The minimum Gasteiger partial charge on any atom is -1.00 e. The van der Waals surface area contributed by atoms with E-state index in [0.29, 0.717) is 0 Å². The Kier molecular flexibility index (Phi) is 13.1. The van der Waals surface area contributed by atoms with Gasteiger partial charge in [0.2, 0.25) is 0 Å². The van der Waals surface area contributed by atoms with Crippen LogP contribution in [0.4, 0.5) is 0 Å². The Morgan fingerprint density at radius 2 is 1.87 bits per heavy atom. The molecule has 2 aliphatic carbocycles. The first-order valence-electron chi connectivity index (χ1n) is 7.51. The maximum atomic E-state index is 5.93. The van der Waals surface area contributed by atoms with Crippen molar-refractivity contribution in [1.82, 2.24) is 0 Å². The smallest absolute Gasteiger partial charge is 1.00 e. The van der Waals surface area contributed by atoms with Crippen molar-refractivity contribution in [2.45, 2.75) is 45.8 Å². The third-order valence-corrected chi connectivity index (χ3v) is 4.57. The molecule has 0 atom stereocenters. The van der Waals surface area contributed by atoms with Crippen LogP contribution in [0.5, 0.6) is 0 Å². The number of rotatable bonds is 6. The molecule has 0 aliphatic heterocycles. The Morgan fingerprint density at radius 1 is 1.17 bits per heavy atom. The van der Waals surface area contributed by atoms with Crippen molar-refractivity contribution < 1.29 is 55.4 Å². The van der Waals surface area contributed by atoms with E-state index in [1.807, 2.05) is 0 Å². The summed E-state index contributed by atoms with van der Waals surface area (Å²) >= 11 is 0. The fraction of sp³-hybridized carbons (Fsp3) is 0.444. The zero-order chi connectivity index (χ0) is 14.6. The normalized spacial score (nSPS) is 17.7. The fourth-order valence-corrected chi connectivity index (χ4v) is 3.22. The Labute approximate surface area is 174 Å². The van der Waals surface area contributed by atoms with Gasteiger partial charge in [-0.05, 0) is 38.9 Å². The third-order valence-electron chi connectivity index (χ3n) is 3.50. The summed E-state index contributed by atoms with van der Waals surface area (Å²) in [6.45, 7) is 9.68. The number of hydrogen-bond acceptors (Lipinski definition) is 1. The molecule has 1 nitrogen and oxygen atoms in total. The first-order chi connectivity index (χ1) is 9.49. The summed E-state index contributed by atoms with van der Waals surface area (Å²) < 4.78 is 5.93. The van der Waals surface area contributed by atoms with E-state index in [1.165, 1.54) is 22.3 Å². The van der Waals surface area contributed by atoms with Gasteiger partial charge >= 0.3 is 26.2 Å². The van der Waals surface area contributed by atoms with E-state index in [4.69, 9.17) is 4.43 Å².